The number of hydrogen-bond donors (Lipinski definition) is 2. The molecule has 0 bridgehead atoms. The Labute approximate surface area is 188 Å². The Morgan fingerprint density at radius 2 is 1.97 bits per heavy atom. The summed E-state index contributed by atoms with van der Waals surface area (Å²) in [5, 5.41) is 11.9. The minimum Gasteiger partial charge on any atom is -0.454 e. The van der Waals surface area contributed by atoms with Crippen molar-refractivity contribution in [3.8, 4) is 11.5 Å². The summed E-state index contributed by atoms with van der Waals surface area (Å²) in [6.07, 6.45) is 1.65. The zero-order valence-corrected chi connectivity index (χ0v) is 18.5. The van der Waals surface area contributed by atoms with Crippen LogP contribution in [-0.2, 0) is 6.54 Å². The third-order valence-electron chi connectivity index (χ3n) is 5.58. The van der Waals surface area contributed by atoms with E-state index < -0.39 is 5.91 Å². The van der Waals surface area contributed by atoms with Crippen LogP contribution in [0.1, 0.15) is 35.3 Å². The van der Waals surface area contributed by atoms with Crippen molar-refractivity contribution >= 4 is 22.6 Å². The van der Waals surface area contributed by atoms with Crippen LogP contribution in [0.25, 0.3) is 16.7 Å². The van der Waals surface area contributed by atoms with Crippen molar-refractivity contribution in [2.45, 2.75) is 33.4 Å². The number of hydrogen-bond acceptors (Lipinski definition) is 6. The second-order valence-corrected chi connectivity index (χ2v) is 8.35. The summed E-state index contributed by atoms with van der Waals surface area (Å²) in [7, 11) is 0. The normalized spacial score (nSPS) is 12.6. The fourth-order valence-corrected chi connectivity index (χ4v) is 3.99. The summed E-state index contributed by atoms with van der Waals surface area (Å²) in [5.41, 5.74) is 2.31. The van der Waals surface area contributed by atoms with Crippen LogP contribution in [0.15, 0.2) is 47.4 Å². The van der Waals surface area contributed by atoms with E-state index in [1.807, 2.05) is 39.0 Å². The van der Waals surface area contributed by atoms with Gasteiger partial charge in [-0.05, 0) is 56.2 Å². The third kappa shape index (κ3) is 3.51. The number of benzene rings is 1. The molecule has 0 saturated heterocycles. The Morgan fingerprint density at radius 3 is 2.76 bits per heavy atom. The molecular formula is C24H23N5O4. The van der Waals surface area contributed by atoms with E-state index in [1.54, 1.807) is 22.9 Å². The number of nitrogens with one attached hydrogen (secondary N) is 2. The molecule has 4 heterocycles. The molecule has 5 rings (SSSR count). The van der Waals surface area contributed by atoms with Gasteiger partial charge in [0, 0.05) is 12.2 Å². The number of carbonyl (C=O) groups excluding carboxylic acids is 1. The molecule has 0 spiro atoms. The number of carbonyl (C=O) groups is 1. The maximum atomic E-state index is 13.4. The maximum Gasteiger partial charge on any atom is 0.267 e. The van der Waals surface area contributed by atoms with Gasteiger partial charge in [-0.25, -0.2) is 4.98 Å². The molecule has 4 aromatic rings. The lowest BCUT2D eigenvalue weighted by Gasteiger charge is -2.16. The highest BCUT2D eigenvalue weighted by Gasteiger charge is 2.20. The van der Waals surface area contributed by atoms with Crippen LogP contribution in [0.5, 0.6) is 11.5 Å². The van der Waals surface area contributed by atoms with E-state index in [1.165, 1.54) is 10.5 Å². The van der Waals surface area contributed by atoms with E-state index in [0.29, 0.717) is 22.8 Å². The molecule has 9 nitrogen and oxygen atoms in total. The Morgan fingerprint density at radius 1 is 1.18 bits per heavy atom. The van der Waals surface area contributed by atoms with Gasteiger partial charge in [-0.1, -0.05) is 12.1 Å². The molecule has 0 radical (unpaired) electrons. The van der Waals surface area contributed by atoms with Gasteiger partial charge in [-0.2, -0.15) is 0 Å². The van der Waals surface area contributed by atoms with Gasteiger partial charge >= 0.3 is 0 Å². The molecular weight excluding hydrogens is 422 g/mol. The molecule has 33 heavy (non-hydrogen) atoms. The lowest BCUT2D eigenvalue weighted by molar-refractivity contribution is 0.0940. The van der Waals surface area contributed by atoms with Crippen molar-refractivity contribution in [1.82, 2.24) is 19.3 Å². The van der Waals surface area contributed by atoms with E-state index in [4.69, 9.17) is 19.9 Å². The Balaban J connectivity index is 1.79. The van der Waals surface area contributed by atoms with Gasteiger partial charge in [0.25, 0.3) is 11.5 Å². The number of rotatable bonds is 4. The minimum absolute atomic E-state index is 0.0249. The third-order valence-corrected chi connectivity index (χ3v) is 5.58. The monoisotopic (exact) mass is 445 g/mol. The molecule has 1 amide bonds. The molecule has 0 fully saturated rings. The predicted octanol–water partition coefficient (Wildman–Crippen LogP) is 2.35. The lowest BCUT2D eigenvalue weighted by atomic mass is 10.1. The summed E-state index contributed by atoms with van der Waals surface area (Å²) >= 11 is 0. The quantitative estimate of drug-likeness (QED) is 0.469. The molecule has 168 valence electrons. The fraction of sp³-hybridized carbons (Fsp3) is 0.250. The average molecular weight is 445 g/mol. The molecule has 1 aliphatic heterocycles. The highest BCUT2D eigenvalue weighted by molar-refractivity contribution is 5.97. The molecule has 0 atom stereocenters. The van der Waals surface area contributed by atoms with Gasteiger partial charge in [0.1, 0.15) is 16.8 Å². The van der Waals surface area contributed by atoms with E-state index in [9.17, 15) is 9.59 Å². The highest BCUT2D eigenvalue weighted by atomic mass is 16.7. The zero-order chi connectivity index (χ0) is 23.3. The summed E-state index contributed by atoms with van der Waals surface area (Å²) < 4.78 is 13.9. The highest BCUT2D eigenvalue weighted by Crippen LogP contribution is 2.32. The summed E-state index contributed by atoms with van der Waals surface area (Å²) in [6, 6.07) is 10.5. The van der Waals surface area contributed by atoms with Crippen molar-refractivity contribution in [2.75, 3.05) is 6.79 Å². The Kier molecular flexibility index (Phi) is 4.88. The first-order chi connectivity index (χ1) is 15.8. The van der Waals surface area contributed by atoms with Gasteiger partial charge in [-0.15, -0.1) is 0 Å². The first kappa shape index (κ1) is 20.7. The SMILES string of the molecule is Cc1cccn2c(=O)c3cc(C(=O)NC(C)C)c(=N)n(Cc4ccc5c(c4)OCO5)c3nc12. The summed E-state index contributed by atoms with van der Waals surface area (Å²) in [4.78, 5) is 31.0. The summed E-state index contributed by atoms with van der Waals surface area (Å²) in [5.74, 6) is 0.861. The molecule has 1 aliphatic rings. The van der Waals surface area contributed by atoms with Crippen molar-refractivity contribution < 1.29 is 14.3 Å². The molecule has 1 aromatic carbocycles. The second kappa shape index (κ2) is 7.77. The van der Waals surface area contributed by atoms with Gasteiger partial charge in [0.05, 0.1) is 17.5 Å². The van der Waals surface area contributed by atoms with Crippen LogP contribution in [0.2, 0.25) is 0 Å². The van der Waals surface area contributed by atoms with Crippen molar-refractivity contribution in [3.05, 3.63) is 75.1 Å². The number of ether oxygens (including phenoxy) is 2. The first-order valence-electron chi connectivity index (χ1n) is 10.6. The predicted molar refractivity (Wildman–Crippen MR) is 122 cm³/mol. The van der Waals surface area contributed by atoms with Crippen molar-refractivity contribution in [3.63, 3.8) is 0 Å². The van der Waals surface area contributed by atoms with Crippen LogP contribution in [0.4, 0.5) is 0 Å². The number of aryl methyl sites for hydroxylation is 1. The maximum absolute atomic E-state index is 13.4. The Hall–Kier alpha value is -4.14. The van der Waals surface area contributed by atoms with Gasteiger partial charge in [-0.3, -0.25) is 19.4 Å². The molecule has 2 N–H and O–H groups in total. The molecule has 0 unspecified atom stereocenters. The van der Waals surface area contributed by atoms with Crippen LogP contribution >= 0.6 is 0 Å². The van der Waals surface area contributed by atoms with Gasteiger partial charge in [0.2, 0.25) is 6.79 Å². The number of amides is 1. The van der Waals surface area contributed by atoms with Gasteiger partial charge in [0.15, 0.2) is 11.5 Å². The van der Waals surface area contributed by atoms with E-state index in [0.717, 1.165) is 11.1 Å². The second-order valence-electron chi connectivity index (χ2n) is 8.35. The smallest absolute Gasteiger partial charge is 0.267 e. The van der Waals surface area contributed by atoms with Crippen LogP contribution < -0.4 is 25.8 Å². The number of fused-ring (bicyclic) bond motifs is 3. The minimum atomic E-state index is -0.412. The fourth-order valence-electron chi connectivity index (χ4n) is 3.99. The van der Waals surface area contributed by atoms with E-state index in [2.05, 4.69) is 5.32 Å². The Bertz CT molecular complexity index is 1550. The van der Waals surface area contributed by atoms with Crippen LogP contribution in [0.3, 0.4) is 0 Å². The molecule has 0 saturated carbocycles. The lowest BCUT2D eigenvalue weighted by Crippen LogP contribution is -2.37. The van der Waals surface area contributed by atoms with Crippen molar-refractivity contribution in [1.29, 1.82) is 5.41 Å². The number of aromatic nitrogens is 3. The van der Waals surface area contributed by atoms with Crippen molar-refractivity contribution in [2.24, 2.45) is 0 Å². The van der Waals surface area contributed by atoms with Gasteiger partial charge < -0.3 is 19.4 Å². The van der Waals surface area contributed by atoms with E-state index >= 15 is 0 Å². The average Bonchev–Trinajstić information content (AvgIpc) is 3.24. The molecule has 9 heteroatoms. The topological polar surface area (TPSA) is 111 Å². The zero-order valence-electron chi connectivity index (χ0n) is 18.5. The van der Waals surface area contributed by atoms with E-state index in [-0.39, 0.29) is 41.4 Å². The number of pyridine rings is 2. The standard InChI is InChI=1S/C24H23N5O4/c1-13(2)26-23(30)16-10-17-22(27-21-14(3)5-4-8-28(21)24(17)31)29(20(16)25)11-15-6-7-18-19(9-15)33-12-32-18/h4-10,13,25H,11-12H2,1-3H3,(H,26,30). The largest absolute Gasteiger partial charge is 0.454 e. The van der Waals surface area contributed by atoms with Crippen LogP contribution in [0, 0.1) is 12.3 Å². The number of nitrogens with zero attached hydrogens (tertiary/aromatic N) is 3. The first-order valence-corrected chi connectivity index (χ1v) is 10.6. The molecule has 0 aliphatic carbocycles. The molecule has 3 aromatic heterocycles. The summed E-state index contributed by atoms with van der Waals surface area (Å²) in [6.45, 7) is 5.95. The van der Waals surface area contributed by atoms with Crippen LogP contribution in [-0.4, -0.2) is 32.7 Å².